The molecule has 44 heavy (non-hydrogen) atoms. The van der Waals surface area contributed by atoms with Crippen LogP contribution >= 0.6 is 0 Å². The van der Waals surface area contributed by atoms with Crippen molar-refractivity contribution in [1.82, 2.24) is 0 Å². The Morgan fingerprint density at radius 2 is 1.80 bits per heavy atom. The molecule has 5 N–H and O–H groups in total. The minimum absolute atomic E-state index is 0.00378. The molecule has 7 atom stereocenters. The second-order valence-electron chi connectivity index (χ2n) is 12.0. The van der Waals surface area contributed by atoms with Gasteiger partial charge in [-0.15, -0.1) is 0 Å². The minimum Gasteiger partial charge on any atom is -0.507 e. The van der Waals surface area contributed by atoms with E-state index in [2.05, 4.69) is 0 Å². The zero-order valence-electron chi connectivity index (χ0n) is 24.8. The molecule has 0 bridgehead atoms. The van der Waals surface area contributed by atoms with E-state index >= 15 is 0 Å². The number of ketones is 3. The lowest BCUT2D eigenvalue weighted by molar-refractivity contribution is -0.281. The molecule has 2 aromatic carbocycles. The van der Waals surface area contributed by atoms with Gasteiger partial charge in [0, 0.05) is 48.6 Å². The third-order valence-corrected chi connectivity index (χ3v) is 9.21. The number of hydrogen-bond acceptors (Lipinski definition) is 12. The monoisotopic (exact) mass is 611 g/mol. The van der Waals surface area contributed by atoms with Gasteiger partial charge in [-0.05, 0) is 39.2 Å². The summed E-state index contributed by atoms with van der Waals surface area (Å²) < 4.78 is 29.6. The Hall–Kier alpha value is -3.39. The maximum atomic E-state index is 13.8. The highest BCUT2D eigenvalue weighted by molar-refractivity contribution is 6.31. The van der Waals surface area contributed by atoms with Crippen LogP contribution in [-0.2, 0) is 30.2 Å². The van der Waals surface area contributed by atoms with E-state index in [4.69, 9.17) is 29.4 Å². The van der Waals surface area contributed by atoms with Gasteiger partial charge in [0.1, 0.15) is 29.0 Å². The van der Waals surface area contributed by atoms with Crippen LogP contribution in [0.5, 0.6) is 17.2 Å². The summed E-state index contributed by atoms with van der Waals surface area (Å²) in [5.41, 5.74) is 3.58. The fourth-order valence-electron chi connectivity index (χ4n) is 6.86. The second-order valence-corrected chi connectivity index (χ2v) is 12.0. The first-order valence-corrected chi connectivity index (χ1v) is 14.9. The van der Waals surface area contributed by atoms with Gasteiger partial charge in [0.2, 0.25) is 5.78 Å². The van der Waals surface area contributed by atoms with Crippen molar-refractivity contribution in [2.24, 2.45) is 5.73 Å². The van der Waals surface area contributed by atoms with E-state index in [-0.39, 0.29) is 47.1 Å². The molecule has 2 aliphatic carbocycles. The molecule has 236 valence electrons. The lowest BCUT2D eigenvalue weighted by Crippen LogP contribution is -2.55. The maximum absolute atomic E-state index is 13.8. The number of nitrogens with two attached hydrogens (primary N) is 1. The van der Waals surface area contributed by atoms with E-state index in [1.54, 1.807) is 6.92 Å². The van der Waals surface area contributed by atoms with Crippen molar-refractivity contribution >= 4 is 17.3 Å². The second kappa shape index (κ2) is 11.5. The number of fused-ring (bicyclic) bond motifs is 3. The van der Waals surface area contributed by atoms with E-state index in [9.17, 15) is 29.7 Å². The van der Waals surface area contributed by atoms with Crippen LogP contribution in [0.15, 0.2) is 18.2 Å². The maximum Gasteiger partial charge on any atom is 0.202 e. The van der Waals surface area contributed by atoms with Crippen molar-refractivity contribution in [3.05, 3.63) is 51.6 Å². The summed E-state index contributed by atoms with van der Waals surface area (Å²) in [6, 6.07) is 3.97. The number of aromatic hydroxyl groups is 2. The summed E-state index contributed by atoms with van der Waals surface area (Å²) in [7, 11) is 1.35. The summed E-state index contributed by atoms with van der Waals surface area (Å²) in [5, 5.41) is 34.5. The molecule has 6 rings (SSSR count). The van der Waals surface area contributed by atoms with Crippen LogP contribution in [0.2, 0.25) is 0 Å². The predicted octanol–water partition coefficient (Wildman–Crippen LogP) is 2.58. The SMILES string of the molecule is COc1cccc2c1C(=O)c1c(O)c3c(c(O)c1C2=O)C[C@@](O)(C(C)=O)C[C@@H]3OC1CC(N)C(OC2CCCCO2)C(C)O1. The Kier molecular flexibility index (Phi) is 8.02. The van der Waals surface area contributed by atoms with Crippen LogP contribution in [0.4, 0.5) is 0 Å². The third-order valence-electron chi connectivity index (χ3n) is 9.21. The lowest BCUT2D eigenvalue weighted by atomic mass is 9.72. The first kappa shape index (κ1) is 30.6. The van der Waals surface area contributed by atoms with Gasteiger partial charge in [0.25, 0.3) is 0 Å². The molecule has 0 saturated carbocycles. The molecule has 2 saturated heterocycles. The van der Waals surface area contributed by atoms with Crippen molar-refractivity contribution in [3.63, 3.8) is 0 Å². The molecule has 4 aliphatic rings. The number of aliphatic hydroxyl groups is 1. The van der Waals surface area contributed by atoms with Crippen LogP contribution in [0.3, 0.4) is 0 Å². The zero-order valence-corrected chi connectivity index (χ0v) is 24.8. The van der Waals surface area contributed by atoms with Crippen molar-refractivity contribution in [1.29, 1.82) is 0 Å². The molecule has 2 aromatic rings. The molecule has 5 unspecified atom stereocenters. The molecule has 0 amide bonds. The molecule has 12 heteroatoms. The van der Waals surface area contributed by atoms with Gasteiger partial charge in [-0.2, -0.15) is 0 Å². The summed E-state index contributed by atoms with van der Waals surface area (Å²) in [6.45, 7) is 3.61. The molecule has 0 radical (unpaired) electrons. The topological polar surface area (TPSA) is 184 Å². The number of Topliss-reactive ketones (excluding diaryl/α,β-unsaturated/α-hetero) is 1. The van der Waals surface area contributed by atoms with E-state index in [0.29, 0.717) is 6.61 Å². The average molecular weight is 612 g/mol. The van der Waals surface area contributed by atoms with Crippen LogP contribution in [0.1, 0.15) is 95.0 Å². The van der Waals surface area contributed by atoms with E-state index in [0.717, 1.165) is 19.3 Å². The molecule has 2 aliphatic heterocycles. The Labute approximate surface area is 254 Å². The number of ether oxygens (including phenoxy) is 5. The molecular formula is C32H37NO11. The van der Waals surface area contributed by atoms with Gasteiger partial charge >= 0.3 is 0 Å². The van der Waals surface area contributed by atoms with Gasteiger partial charge in [-0.3, -0.25) is 14.4 Å². The van der Waals surface area contributed by atoms with E-state index in [1.165, 1.54) is 32.2 Å². The van der Waals surface area contributed by atoms with Crippen LogP contribution in [0.25, 0.3) is 0 Å². The standard InChI is InChI=1S/C32H37NO11/c1-14-31(44-21-9-4-5-10-41-21)18(33)11-22(42-14)43-20-13-32(39,15(2)34)12-17-24(20)30(38)26-25(28(17)36)27(35)16-7-6-8-19(40-3)23(16)29(26)37/h6-8,14,18,20-22,31,36,38-39H,4-5,9-13,33H2,1-3H3/t14?,18?,20-,21?,22?,31?,32-/m0/s1. The molecule has 0 spiro atoms. The number of phenols is 2. The number of phenolic OH excluding ortho intramolecular Hbond substituents is 2. The quantitative estimate of drug-likeness (QED) is 0.299. The largest absolute Gasteiger partial charge is 0.507 e. The van der Waals surface area contributed by atoms with Gasteiger partial charge in [-0.25, -0.2) is 0 Å². The Bertz CT molecular complexity index is 1500. The van der Waals surface area contributed by atoms with Crippen molar-refractivity contribution < 1.29 is 53.4 Å². The normalized spacial score (nSPS) is 31.6. The van der Waals surface area contributed by atoms with Crippen molar-refractivity contribution in [3.8, 4) is 17.2 Å². The Balaban J connectivity index is 1.37. The van der Waals surface area contributed by atoms with Crippen molar-refractivity contribution in [2.75, 3.05) is 13.7 Å². The number of rotatable bonds is 6. The van der Waals surface area contributed by atoms with Gasteiger partial charge in [0.05, 0.1) is 36.0 Å². The molecule has 0 aromatic heterocycles. The summed E-state index contributed by atoms with van der Waals surface area (Å²) in [5.74, 6) is -3.08. The van der Waals surface area contributed by atoms with Gasteiger partial charge < -0.3 is 44.7 Å². The number of hydrogen-bond donors (Lipinski definition) is 4. The minimum atomic E-state index is -1.99. The summed E-state index contributed by atoms with van der Waals surface area (Å²) >= 11 is 0. The first-order valence-electron chi connectivity index (χ1n) is 14.9. The molecule has 2 heterocycles. The lowest BCUT2D eigenvalue weighted by Gasteiger charge is -2.43. The zero-order chi connectivity index (χ0) is 31.5. The molecular weight excluding hydrogens is 574 g/mol. The molecule has 12 nitrogen and oxygen atoms in total. The van der Waals surface area contributed by atoms with E-state index in [1.807, 2.05) is 0 Å². The van der Waals surface area contributed by atoms with Crippen LogP contribution in [-0.4, -0.2) is 82.8 Å². The highest BCUT2D eigenvalue weighted by atomic mass is 16.7. The average Bonchev–Trinajstić information content (AvgIpc) is 2.99. The van der Waals surface area contributed by atoms with Gasteiger partial charge in [0.15, 0.2) is 24.1 Å². The van der Waals surface area contributed by atoms with Crippen LogP contribution < -0.4 is 10.5 Å². The smallest absolute Gasteiger partial charge is 0.202 e. The first-order chi connectivity index (χ1) is 20.9. The van der Waals surface area contributed by atoms with E-state index < -0.39 is 82.6 Å². The fourth-order valence-corrected chi connectivity index (χ4v) is 6.86. The number of methoxy groups -OCH3 is 1. The number of carbonyl (C=O) groups excluding carboxylic acids is 3. The Morgan fingerprint density at radius 1 is 1.05 bits per heavy atom. The summed E-state index contributed by atoms with van der Waals surface area (Å²) in [6.07, 6.45) is -1.36. The highest BCUT2D eigenvalue weighted by Gasteiger charge is 2.49. The third kappa shape index (κ3) is 4.99. The predicted molar refractivity (Wildman–Crippen MR) is 153 cm³/mol. The molecule has 2 fully saturated rings. The number of benzene rings is 2. The summed E-state index contributed by atoms with van der Waals surface area (Å²) in [4.78, 5) is 40.1. The van der Waals surface area contributed by atoms with Gasteiger partial charge in [-0.1, -0.05) is 12.1 Å². The van der Waals surface area contributed by atoms with Crippen molar-refractivity contribution in [2.45, 2.75) is 94.9 Å². The Morgan fingerprint density at radius 3 is 2.45 bits per heavy atom. The fraction of sp³-hybridized carbons (Fsp3) is 0.531. The number of carbonyl (C=O) groups is 3. The van der Waals surface area contributed by atoms with Crippen LogP contribution in [0, 0.1) is 0 Å². The highest BCUT2D eigenvalue weighted by Crippen LogP contribution is 2.52.